The number of rotatable bonds is 5. The summed E-state index contributed by atoms with van der Waals surface area (Å²) < 4.78 is 0. The van der Waals surface area contributed by atoms with Crippen molar-refractivity contribution >= 4 is 5.95 Å². The van der Waals surface area contributed by atoms with Gasteiger partial charge in [-0.05, 0) is 5.57 Å². The van der Waals surface area contributed by atoms with E-state index in [0.29, 0.717) is 17.9 Å². The zero-order valence-electron chi connectivity index (χ0n) is 11.6. The van der Waals surface area contributed by atoms with E-state index in [-0.39, 0.29) is 5.56 Å². The molecule has 0 spiro atoms. The molecule has 2 heterocycles. The number of aromatic nitrogens is 2. The predicted molar refractivity (Wildman–Crippen MR) is 82.1 cm³/mol. The number of hydrogen-bond donors (Lipinski definition) is 2. The number of piperazine rings is 1. The molecule has 2 rings (SSSR count). The number of H-pyrrole nitrogens is 1. The van der Waals surface area contributed by atoms with Gasteiger partial charge in [-0.2, -0.15) is 0 Å². The maximum absolute atomic E-state index is 12.1. The fraction of sp³-hybridized carbons (Fsp3) is 0.333. The van der Waals surface area contributed by atoms with E-state index in [4.69, 9.17) is 0 Å². The average molecular weight is 272 g/mol. The summed E-state index contributed by atoms with van der Waals surface area (Å²) in [6.07, 6.45) is 7.42. The Morgan fingerprint density at radius 2 is 2.15 bits per heavy atom. The van der Waals surface area contributed by atoms with Crippen LogP contribution in [0.2, 0.25) is 0 Å². The summed E-state index contributed by atoms with van der Waals surface area (Å²) in [5.74, 6) is 0.646. The number of allylic oxidation sites excluding steroid dienone is 4. The van der Waals surface area contributed by atoms with Crippen molar-refractivity contribution in [3.63, 3.8) is 0 Å². The molecule has 106 valence electrons. The second-order valence-electron chi connectivity index (χ2n) is 4.66. The highest BCUT2D eigenvalue weighted by Gasteiger charge is 2.13. The lowest BCUT2D eigenvalue weighted by atomic mass is 10.1. The van der Waals surface area contributed by atoms with E-state index in [2.05, 4.69) is 33.3 Å². The standard InChI is InChI=1S/C15H20N4O/c1-3-5-12(4-2)10-13-11-17-15(18-14(13)20)19-8-6-16-7-9-19/h3-5,11,16H,1-2,6-10H2,(H,17,18,20)/b12-5+. The highest BCUT2D eigenvalue weighted by atomic mass is 16.1. The molecule has 5 heteroatoms. The van der Waals surface area contributed by atoms with Gasteiger partial charge in [0.2, 0.25) is 5.95 Å². The molecular weight excluding hydrogens is 252 g/mol. The van der Waals surface area contributed by atoms with Crippen LogP contribution in [0.15, 0.2) is 48.0 Å². The first-order valence-electron chi connectivity index (χ1n) is 6.72. The van der Waals surface area contributed by atoms with Crippen molar-refractivity contribution in [1.29, 1.82) is 0 Å². The molecular formula is C15H20N4O. The monoisotopic (exact) mass is 272 g/mol. The van der Waals surface area contributed by atoms with Gasteiger partial charge in [0.15, 0.2) is 0 Å². The predicted octanol–water partition coefficient (Wildman–Crippen LogP) is 1.02. The molecule has 2 N–H and O–H groups in total. The van der Waals surface area contributed by atoms with Crippen LogP contribution in [0.25, 0.3) is 0 Å². The van der Waals surface area contributed by atoms with Gasteiger partial charge in [-0.1, -0.05) is 31.4 Å². The highest BCUT2D eigenvalue weighted by molar-refractivity contribution is 5.33. The van der Waals surface area contributed by atoms with Gasteiger partial charge in [-0.3, -0.25) is 9.78 Å². The second-order valence-corrected chi connectivity index (χ2v) is 4.66. The summed E-state index contributed by atoms with van der Waals surface area (Å²) in [6.45, 7) is 10.9. The molecule has 0 aliphatic carbocycles. The highest BCUT2D eigenvalue weighted by Crippen LogP contribution is 2.08. The molecule has 1 aliphatic heterocycles. The molecule has 0 bridgehead atoms. The van der Waals surface area contributed by atoms with Crippen LogP contribution >= 0.6 is 0 Å². The quantitative estimate of drug-likeness (QED) is 0.786. The van der Waals surface area contributed by atoms with Crippen LogP contribution < -0.4 is 15.8 Å². The Kier molecular flexibility index (Phi) is 4.90. The molecule has 1 saturated heterocycles. The van der Waals surface area contributed by atoms with Crippen LogP contribution in [-0.2, 0) is 6.42 Å². The van der Waals surface area contributed by atoms with E-state index >= 15 is 0 Å². The van der Waals surface area contributed by atoms with E-state index in [0.717, 1.165) is 31.8 Å². The molecule has 1 aliphatic rings. The third-order valence-corrected chi connectivity index (χ3v) is 3.26. The van der Waals surface area contributed by atoms with Gasteiger partial charge in [0.1, 0.15) is 0 Å². The molecule has 0 aromatic carbocycles. The largest absolute Gasteiger partial charge is 0.340 e. The third kappa shape index (κ3) is 3.45. The lowest BCUT2D eigenvalue weighted by Gasteiger charge is -2.27. The van der Waals surface area contributed by atoms with E-state index in [9.17, 15) is 4.79 Å². The molecule has 1 aromatic heterocycles. The SMILES string of the molecule is C=C/C=C(\C=C)Cc1cnc(N2CCNCC2)[nH]c1=O. The van der Waals surface area contributed by atoms with Crippen molar-refractivity contribution in [2.24, 2.45) is 0 Å². The topological polar surface area (TPSA) is 61.0 Å². The van der Waals surface area contributed by atoms with Crippen LogP contribution in [0.4, 0.5) is 5.95 Å². The Balaban J connectivity index is 2.17. The first-order valence-corrected chi connectivity index (χ1v) is 6.72. The summed E-state index contributed by atoms with van der Waals surface area (Å²) in [4.78, 5) is 21.4. The van der Waals surface area contributed by atoms with E-state index in [1.54, 1.807) is 18.3 Å². The van der Waals surface area contributed by atoms with Gasteiger partial charge < -0.3 is 10.2 Å². The lowest BCUT2D eigenvalue weighted by molar-refractivity contribution is 0.579. The van der Waals surface area contributed by atoms with Gasteiger partial charge in [-0.15, -0.1) is 0 Å². The normalized spacial score (nSPS) is 16.0. The molecule has 1 fully saturated rings. The van der Waals surface area contributed by atoms with Crippen LogP contribution in [-0.4, -0.2) is 36.1 Å². The van der Waals surface area contributed by atoms with Crippen molar-refractivity contribution in [3.05, 3.63) is 59.1 Å². The maximum atomic E-state index is 12.1. The molecule has 1 aromatic rings. The average Bonchev–Trinajstić information content (AvgIpc) is 2.49. The molecule has 0 atom stereocenters. The summed E-state index contributed by atoms with van der Waals surface area (Å²) in [7, 11) is 0. The van der Waals surface area contributed by atoms with Crippen molar-refractivity contribution in [2.45, 2.75) is 6.42 Å². The number of anilines is 1. The molecule has 20 heavy (non-hydrogen) atoms. The Morgan fingerprint density at radius 1 is 1.40 bits per heavy atom. The van der Waals surface area contributed by atoms with E-state index in [1.165, 1.54) is 0 Å². The summed E-state index contributed by atoms with van der Waals surface area (Å²) in [5.41, 5.74) is 1.49. The smallest absolute Gasteiger partial charge is 0.255 e. The van der Waals surface area contributed by atoms with Gasteiger partial charge >= 0.3 is 0 Å². The fourth-order valence-corrected chi connectivity index (χ4v) is 2.15. The zero-order chi connectivity index (χ0) is 14.4. The van der Waals surface area contributed by atoms with Crippen LogP contribution in [0.5, 0.6) is 0 Å². The number of nitrogens with zero attached hydrogens (tertiary/aromatic N) is 2. The minimum atomic E-state index is -0.0923. The first kappa shape index (κ1) is 14.3. The molecule has 0 saturated carbocycles. The molecule has 0 unspecified atom stereocenters. The molecule has 0 radical (unpaired) electrons. The number of aromatic amines is 1. The minimum Gasteiger partial charge on any atom is -0.340 e. The van der Waals surface area contributed by atoms with Gasteiger partial charge in [0, 0.05) is 44.4 Å². The van der Waals surface area contributed by atoms with E-state index in [1.807, 2.05) is 6.08 Å². The second kappa shape index (κ2) is 6.86. The summed E-state index contributed by atoms with van der Waals surface area (Å²) in [5, 5.41) is 3.27. The Hall–Kier alpha value is -2.14. The maximum Gasteiger partial charge on any atom is 0.255 e. The van der Waals surface area contributed by atoms with Crippen LogP contribution in [0.1, 0.15) is 5.56 Å². The Labute approximate surface area is 118 Å². The number of hydrogen-bond acceptors (Lipinski definition) is 4. The van der Waals surface area contributed by atoms with Crippen LogP contribution in [0, 0.1) is 0 Å². The van der Waals surface area contributed by atoms with Crippen molar-refractivity contribution in [1.82, 2.24) is 15.3 Å². The zero-order valence-corrected chi connectivity index (χ0v) is 11.6. The third-order valence-electron chi connectivity index (χ3n) is 3.26. The van der Waals surface area contributed by atoms with Crippen LogP contribution in [0.3, 0.4) is 0 Å². The summed E-state index contributed by atoms with van der Waals surface area (Å²) >= 11 is 0. The lowest BCUT2D eigenvalue weighted by Crippen LogP contribution is -2.44. The van der Waals surface area contributed by atoms with Gasteiger partial charge in [-0.25, -0.2) is 4.98 Å². The Bertz CT molecular complexity index is 567. The first-order chi connectivity index (χ1) is 9.74. The number of nitrogens with one attached hydrogen (secondary N) is 2. The minimum absolute atomic E-state index is 0.0923. The molecule has 0 amide bonds. The fourth-order valence-electron chi connectivity index (χ4n) is 2.15. The van der Waals surface area contributed by atoms with Crippen molar-refractivity contribution in [3.8, 4) is 0 Å². The molecule has 5 nitrogen and oxygen atoms in total. The Morgan fingerprint density at radius 3 is 2.75 bits per heavy atom. The van der Waals surface area contributed by atoms with Gasteiger partial charge in [0.05, 0.1) is 0 Å². The summed E-state index contributed by atoms with van der Waals surface area (Å²) in [6, 6.07) is 0. The van der Waals surface area contributed by atoms with E-state index < -0.39 is 0 Å². The van der Waals surface area contributed by atoms with Crippen molar-refractivity contribution in [2.75, 3.05) is 31.1 Å². The van der Waals surface area contributed by atoms with Crippen molar-refractivity contribution < 1.29 is 0 Å². The van der Waals surface area contributed by atoms with Gasteiger partial charge in [0.25, 0.3) is 5.56 Å².